The molecular formula is C21H22FN3O4S2. The second kappa shape index (κ2) is 10.1. The van der Waals surface area contributed by atoms with Crippen molar-refractivity contribution in [1.29, 1.82) is 0 Å². The Labute approximate surface area is 184 Å². The molecule has 0 saturated carbocycles. The normalized spacial score (nSPS) is 11.6. The molecule has 0 saturated heterocycles. The van der Waals surface area contributed by atoms with Crippen molar-refractivity contribution in [3.05, 3.63) is 54.3 Å². The van der Waals surface area contributed by atoms with Crippen LogP contribution in [-0.4, -0.2) is 35.5 Å². The molecule has 31 heavy (non-hydrogen) atoms. The molecule has 0 bridgehead atoms. The topological polar surface area (TPSA) is 102 Å². The summed E-state index contributed by atoms with van der Waals surface area (Å²) in [5.41, 5.74) is 0.449. The second-order valence-electron chi connectivity index (χ2n) is 6.99. The van der Waals surface area contributed by atoms with Crippen molar-refractivity contribution in [3.63, 3.8) is 0 Å². The van der Waals surface area contributed by atoms with Gasteiger partial charge < -0.3 is 4.42 Å². The fourth-order valence-corrected chi connectivity index (χ4v) is 4.56. The number of halogens is 1. The number of aromatic nitrogens is 2. The molecular weight excluding hydrogens is 441 g/mol. The number of hydrogen-bond acceptors (Lipinski definition) is 7. The molecule has 0 aliphatic heterocycles. The number of thioether (sulfide) groups is 1. The Morgan fingerprint density at radius 3 is 2.61 bits per heavy atom. The summed E-state index contributed by atoms with van der Waals surface area (Å²) in [4.78, 5) is 13.2. The summed E-state index contributed by atoms with van der Waals surface area (Å²) in [6.07, 6.45) is 0.873. The molecule has 0 radical (unpaired) electrons. The molecule has 1 N–H and O–H groups in total. The molecule has 0 atom stereocenters. The van der Waals surface area contributed by atoms with Crippen molar-refractivity contribution in [2.24, 2.45) is 0 Å². The minimum Gasteiger partial charge on any atom is -0.403 e. The first-order chi connectivity index (χ1) is 14.8. The maximum absolute atomic E-state index is 12.9. The van der Waals surface area contributed by atoms with Gasteiger partial charge in [-0.05, 0) is 68.5 Å². The Morgan fingerprint density at radius 2 is 1.90 bits per heavy atom. The molecule has 164 valence electrons. The second-order valence-corrected chi connectivity index (χ2v) is 10.7. The number of benzene rings is 2. The maximum Gasteiger partial charge on any atom is 0.322 e. The minimum atomic E-state index is -3.43. The third-order valence-corrected chi connectivity index (χ3v) is 7.58. The number of rotatable bonds is 9. The van der Waals surface area contributed by atoms with E-state index in [0.29, 0.717) is 17.7 Å². The number of carbonyl (C=O) groups excluding carboxylic acids is 1. The van der Waals surface area contributed by atoms with Crippen LogP contribution in [0.1, 0.15) is 26.7 Å². The summed E-state index contributed by atoms with van der Waals surface area (Å²) >= 11 is 1.54. The first kappa shape index (κ1) is 23.0. The van der Waals surface area contributed by atoms with Gasteiger partial charge in [-0.15, -0.1) is 16.9 Å². The summed E-state index contributed by atoms with van der Waals surface area (Å²) in [5, 5.41) is 9.69. The zero-order valence-electron chi connectivity index (χ0n) is 17.0. The summed E-state index contributed by atoms with van der Waals surface area (Å²) in [6, 6.07) is 12.4. The van der Waals surface area contributed by atoms with E-state index in [1.807, 2.05) is 0 Å². The predicted octanol–water partition coefficient (Wildman–Crippen LogP) is 4.57. The highest BCUT2D eigenvalue weighted by atomic mass is 32.2. The molecule has 0 spiro atoms. The highest BCUT2D eigenvalue weighted by Gasteiger charge is 2.20. The van der Waals surface area contributed by atoms with Crippen LogP contribution in [-0.2, 0) is 14.6 Å². The van der Waals surface area contributed by atoms with Crippen LogP contribution in [0.3, 0.4) is 0 Å². The first-order valence-corrected chi connectivity index (χ1v) is 12.1. The molecule has 7 nitrogen and oxygen atoms in total. The van der Waals surface area contributed by atoms with Gasteiger partial charge in [-0.1, -0.05) is 11.2 Å². The van der Waals surface area contributed by atoms with E-state index in [1.165, 1.54) is 36.0 Å². The molecule has 0 unspecified atom stereocenters. The summed E-state index contributed by atoms with van der Waals surface area (Å²) in [5.74, 6) is 0.260. The molecule has 0 aliphatic rings. The Hall–Kier alpha value is -2.72. The van der Waals surface area contributed by atoms with E-state index >= 15 is 0 Å². The van der Waals surface area contributed by atoms with Crippen molar-refractivity contribution in [1.82, 2.24) is 10.2 Å². The predicted molar refractivity (Wildman–Crippen MR) is 117 cm³/mol. The van der Waals surface area contributed by atoms with Crippen LogP contribution in [0.2, 0.25) is 0 Å². The van der Waals surface area contributed by atoms with Crippen LogP contribution in [0.15, 0.2) is 62.7 Å². The van der Waals surface area contributed by atoms with Gasteiger partial charge in [0.15, 0.2) is 9.84 Å². The van der Waals surface area contributed by atoms with Gasteiger partial charge in [0.05, 0.1) is 10.1 Å². The Kier molecular flexibility index (Phi) is 7.45. The van der Waals surface area contributed by atoms with Gasteiger partial charge in [0.25, 0.3) is 0 Å². The third kappa shape index (κ3) is 6.14. The third-order valence-electron chi connectivity index (χ3n) is 4.33. The van der Waals surface area contributed by atoms with Gasteiger partial charge in [-0.25, -0.2) is 12.8 Å². The fraction of sp³-hybridized carbons (Fsp3) is 0.286. The van der Waals surface area contributed by atoms with Crippen LogP contribution in [0.5, 0.6) is 0 Å². The van der Waals surface area contributed by atoms with E-state index in [4.69, 9.17) is 4.42 Å². The highest BCUT2D eigenvalue weighted by molar-refractivity contribution is 7.99. The van der Waals surface area contributed by atoms with Crippen molar-refractivity contribution in [2.45, 2.75) is 41.7 Å². The molecule has 3 aromatic rings. The van der Waals surface area contributed by atoms with Gasteiger partial charge in [-0.3, -0.25) is 10.1 Å². The van der Waals surface area contributed by atoms with Crippen molar-refractivity contribution < 1.29 is 22.0 Å². The SMILES string of the molecule is CC(C)S(=O)(=O)c1cccc(-c2nnc(NC(=O)CCCSc3ccc(F)cc3)o2)c1. The van der Waals surface area contributed by atoms with Crippen LogP contribution in [0.25, 0.3) is 11.5 Å². The average molecular weight is 464 g/mol. The fourth-order valence-electron chi connectivity index (χ4n) is 2.60. The zero-order chi connectivity index (χ0) is 22.4. The number of hydrogen-bond donors (Lipinski definition) is 1. The van der Waals surface area contributed by atoms with E-state index in [2.05, 4.69) is 15.5 Å². The smallest absolute Gasteiger partial charge is 0.322 e. The van der Waals surface area contributed by atoms with Crippen LogP contribution in [0, 0.1) is 5.82 Å². The minimum absolute atomic E-state index is 0.0525. The summed E-state index contributed by atoms with van der Waals surface area (Å²) in [7, 11) is -3.43. The van der Waals surface area contributed by atoms with Gasteiger partial charge in [-0.2, -0.15) is 0 Å². The van der Waals surface area contributed by atoms with Crippen molar-refractivity contribution in [3.8, 4) is 11.5 Å². The van der Waals surface area contributed by atoms with Crippen molar-refractivity contribution in [2.75, 3.05) is 11.1 Å². The molecule has 1 aromatic heterocycles. The molecule has 0 aliphatic carbocycles. The monoisotopic (exact) mass is 463 g/mol. The number of sulfone groups is 1. The molecule has 10 heteroatoms. The van der Waals surface area contributed by atoms with Crippen LogP contribution >= 0.6 is 11.8 Å². The summed E-state index contributed by atoms with van der Waals surface area (Å²) in [6.45, 7) is 3.22. The van der Waals surface area contributed by atoms with Crippen molar-refractivity contribution >= 4 is 33.5 Å². The van der Waals surface area contributed by atoms with E-state index in [1.54, 1.807) is 38.1 Å². The number of nitrogens with zero attached hydrogens (tertiary/aromatic N) is 2. The Morgan fingerprint density at radius 1 is 1.16 bits per heavy atom. The highest BCUT2D eigenvalue weighted by Crippen LogP contribution is 2.25. The maximum atomic E-state index is 12.9. The van der Waals surface area contributed by atoms with E-state index < -0.39 is 15.1 Å². The van der Waals surface area contributed by atoms with Gasteiger partial charge in [0, 0.05) is 16.9 Å². The van der Waals surface area contributed by atoms with Gasteiger partial charge >= 0.3 is 6.01 Å². The van der Waals surface area contributed by atoms with E-state index in [-0.39, 0.29) is 34.9 Å². The lowest BCUT2D eigenvalue weighted by Crippen LogP contribution is -2.13. The lowest BCUT2D eigenvalue weighted by molar-refractivity contribution is -0.116. The number of nitrogens with one attached hydrogen (secondary N) is 1. The number of carbonyl (C=O) groups is 1. The Balaban J connectivity index is 1.54. The number of anilines is 1. The van der Waals surface area contributed by atoms with Gasteiger partial charge in [0.1, 0.15) is 5.82 Å². The largest absolute Gasteiger partial charge is 0.403 e. The first-order valence-electron chi connectivity index (χ1n) is 9.62. The van der Waals surface area contributed by atoms with Crippen LogP contribution in [0.4, 0.5) is 10.4 Å². The quantitative estimate of drug-likeness (QED) is 0.366. The molecule has 1 heterocycles. The van der Waals surface area contributed by atoms with E-state index in [0.717, 1.165) is 4.90 Å². The lowest BCUT2D eigenvalue weighted by Gasteiger charge is -2.08. The number of amides is 1. The zero-order valence-corrected chi connectivity index (χ0v) is 18.7. The van der Waals surface area contributed by atoms with E-state index in [9.17, 15) is 17.6 Å². The molecule has 3 rings (SSSR count). The standard InChI is InChI=1S/C21H22FN3O4S2/c1-14(2)31(27,28)18-6-3-5-15(13-18)20-24-25-21(29-20)23-19(26)7-4-12-30-17-10-8-16(22)9-11-17/h3,5-6,8-11,13-14H,4,7,12H2,1-2H3,(H,23,25,26). The summed E-state index contributed by atoms with van der Waals surface area (Å²) < 4.78 is 43.1. The molecule has 2 aromatic carbocycles. The van der Waals surface area contributed by atoms with Crippen LogP contribution < -0.4 is 5.32 Å². The molecule has 0 fully saturated rings. The van der Waals surface area contributed by atoms with Gasteiger partial charge in [0.2, 0.25) is 11.8 Å². The molecule has 1 amide bonds. The lowest BCUT2D eigenvalue weighted by atomic mass is 10.2. The average Bonchev–Trinajstić information content (AvgIpc) is 3.21. The Bertz CT molecular complexity index is 1150.